The number of fused-ring (bicyclic) bond motifs is 1. The summed E-state index contributed by atoms with van der Waals surface area (Å²) in [4.78, 5) is 38.3. The van der Waals surface area contributed by atoms with Crippen molar-refractivity contribution in [1.29, 1.82) is 0 Å². The first kappa shape index (κ1) is 19.5. The SMILES string of the molecule is COC(=O)C1=C[C@@]2(OC)C(=O)C(OC)(OC)[C@@H]1[C@H]1OC(C)=C(C(=O)OC)[C@H]12. The lowest BCUT2D eigenvalue weighted by atomic mass is 9.56. The van der Waals surface area contributed by atoms with Crippen LogP contribution in [-0.4, -0.2) is 70.8 Å². The number of rotatable bonds is 5. The lowest BCUT2D eigenvalue weighted by molar-refractivity contribution is -0.274. The molecule has 0 amide bonds. The van der Waals surface area contributed by atoms with Crippen molar-refractivity contribution in [1.82, 2.24) is 0 Å². The predicted octanol–water partition coefficient (Wildman–Crippen LogP) is 0.135. The van der Waals surface area contributed by atoms with Gasteiger partial charge in [-0.15, -0.1) is 0 Å². The first-order chi connectivity index (χ1) is 12.8. The van der Waals surface area contributed by atoms with Crippen LogP contribution >= 0.6 is 0 Å². The maximum absolute atomic E-state index is 13.5. The van der Waals surface area contributed by atoms with E-state index in [-0.39, 0.29) is 11.1 Å². The van der Waals surface area contributed by atoms with Crippen LogP contribution in [-0.2, 0) is 42.8 Å². The number of ketones is 1. The summed E-state index contributed by atoms with van der Waals surface area (Å²) < 4.78 is 32.3. The highest BCUT2D eigenvalue weighted by atomic mass is 16.7. The van der Waals surface area contributed by atoms with E-state index in [4.69, 9.17) is 28.4 Å². The lowest BCUT2D eigenvalue weighted by Gasteiger charge is -2.56. The largest absolute Gasteiger partial charge is 0.493 e. The number of methoxy groups -OCH3 is 5. The quantitative estimate of drug-likeness (QED) is 0.484. The van der Waals surface area contributed by atoms with Gasteiger partial charge in [0.05, 0.1) is 31.6 Å². The minimum Gasteiger partial charge on any atom is -0.493 e. The number of esters is 2. The molecule has 1 aliphatic heterocycles. The molecule has 0 aromatic rings. The maximum atomic E-state index is 13.5. The molecule has 0 aromatic heterocycles. The second-order valence-corrected chi connectivity index (χ2v) is 6.49. The summed E-state index contributed by atoms with van der Waals surface area (Å²) in [5.74, 6) is -5.20. The van der Waals surface area contributed by atoms with Crippen molar-refractivity contribution in [3.8, 4) is 0 Å². The number of hydrogen-bond acceptors (Lipinski definition) is 9. The Morgan fingerprint density at radius 2 is 1.56 bits per heavy atom. The Balaban J connectivity index is 2.31. The van der Waals surface area contributed by atoms with Crippen LogP contribution in [0.15, 0.2) is 23.0 Å². The first-order valence-corrected chi connectivity index (χ1v) is 8.26. The Morgan fingerprint density at radius 1 is 0.963 bits per heavy atom. The molecular formula is C18H22O9. The van der Waals surface area contributed by atoms with E-state index in [1.54, 1.807) is 6.92 Å². The fourth-order valence-corrected chi connectivity index (χ4v) is 4.55. The molecule has 2 bridgehead atoms. The van der Waals surface area contributed by atoms with Crippen LogP contribution < -0.4 is 0 Å². The van der Waals surface area contributed by atoms with Gasteiger partial charge >= 0.3 is 11.9 Å². The van der Waals surface area contributed by atoms with E-state index in [9.17, 15) is 14.4 Å². The Labute approximate surface area is 156 Å². The van der Waals surface area contributed by atoms with Crippen molar-refractivity contribution in [2.45, 2.75) is 24.4 Å². The monoisotopic (exact) mass is 382 g/mol. The second kappa shape index (κ2) is 6.43. The van der Waals surface area contributed by atoms with Crippen LogP contribution in [0.5, 0.6) is 0 Å². The van der Waals surface area contributed by atoms with Gasteiger partial charge in [0.25, 0.3) is 0 Å². The van der Waals surface area contributed by atoms with E-state index >= 15 is 0 Å². The average Bonchev–Trinajstić information content (AvgIpc) is 3.05. The lowest BCUT2D eigenvalue weighted by Crippen LogP contribution is -2.74. The van der Waals surface area contributed by atoms with Gasteiger partial charge in [-0.05, 0) is 13.0 Å². The summed E-state index contributed by atoms with van der Waals surface area (Å²) >= 11 is 0. The van der Waals surface area contributed by atoms with E-state index in [1.807, 2.05) is 0 Å². The van der Waals surface area contributed by atoms with E-state index in [0.29, 0.717) is 5.76 Å². The molecule has 1 fully saturated rings. The Morgan fingerprint density at radius 3 is 2.04 bits per heavy atom. The summed E-state index contributed by atoms with van der Waals surface area (Å²) in [5.41, 5.74) is -1.41. The van der Waals surface area contributed by atoms with Gasteiger partial charge in [-0.2, -0.15) is 0 Å². The van der Waals surface area contributed by atoms with Crippen molar-refractivity contribution in [2.24, 2.45) is 11.8 Å². The number of Topliss-reactive ketones (excluding diaryl/α,β-unsaturated/α-hetero) is 1. The number of allylic oxidation sites excluding steroid dienone is 1. The normalized spacial score (nSPS) is 33.3. The molecule has 0 unspecified atom stereocenters. The zero-order valence-corrected chi connectivity index (χ0v) is 16.0. The third-order valence-electron chi connectivity index (χ3n) is 5.68. The van der Waals surface area contributed by atoms with Crippen LogP contribution in [0.2, 0.25) is 0 Å². The highest BCUT2D eigenvalue weighted by molar-refractivity contribution is 6.06. The van der Waals surface area contributed by atoms with Crippen LogP contribution in [0.25, 0.3) is 0 Å². The van der Waals surface area contributed by atoms with E-state index in [1.165, 1.54) is 41.6 Å². The highest BCUT2D eigenvalue weighted by Gasteiger charge is 2.76. The molecule has 1 saturated carbocycles. The number of carbonyl (C=O) groups excluding carboxylic acids is 3. The summed E-state index contributed by atoms with van der Waals surface area (Å²) in [6.07, 6.45) is 0.560. The fourth-order valence-electron chi connectivity index (χ4n) is 4.55. The first-order valence-electron chi connectivity index (χ1n) is 8.26. The van der Waals surface area contributed by atoms with Gasteiger partial charge in [0.1, 0.15) is 11.9 Å². The van der Waals surface area contributed by atoms with Gasteiger partial charge < -0.3 is 28.4 Å². The second-order valence-electron chi connectivity index (χ2n) is 6.49. The van der Waals surface area contributed by atoms with Crippen molar-refractivity contribution in [2.75, 3.05) is 35.5 Å². The van der Waals surface area contributed by atoms with Crippen LogP contribution in [0, 0.1) is 11.8 Å². The summed E-state index contributed by atoms with van der Waals surface area (Å²) in [6.45, 7) is 1.59. The average molecular weight is 382 g/mol. The minimum atomic E-state index is -1.83. The van der Waals surface area contributed by atoms with Gasteiger partial charge in [-0.1, -0.05) is 0 Å². The van der Waals surface area contributed by atoms with Gasteiger partial charge in [0.15, 0.2) is 5.60 Å². The van der Waals surface area contributed by atoms with Gasteiger partial charge in [0.2, 0.25) is 11.6 Å². The molecule has 148 valence electrons. The minimum absolute atomic E-state index is 0.128. The molecule has 1 heterocycles. The zero-order chi connectivity index (χ0) is 20.1. The molecule has 4 atom stereocenters. The zero-order valence-electron chi connectivity index (χ0n) is 16.0. The van der Waals surface area contributed by atoms with E-state index in [0.717, 1.165) is 0 Å². The molecule has 0 aromatic carbocycles. The molecule has 4 aliphatic rings. The molecule has 27 heavy (non-hydrogen) atoms. The molecule has 3 aliphatic carbocycles. The smallest absolute Gasteiger partial charge is 0.337 e. The highest BCUT2D eigenvalue weighted by Crippen LogP contribution is 2.59. The molecule has 0 saturated heterocycles. The molecule has 9 heteroatoms. The fraction of sp³-hybridized carbons (Fsp3) is 0.611. The molecule has 0 N–H and O–H groups in total. The molecule has 4 rings (SSSR count). The standard InChI is InChI=1S/C18H22O9/c1-8-10(15(20)23-3)12-13(27-8)11-9(14(19)22-2)7-17(12,24-4)16(21)18(11,25-5)26-6/h7,11-13H,1-6H3/t11-,12+,13+,17-/m0/s1. The molecule has 9 nitrogen and oxygen atoms in total. The third kappa shape index (κ3) is 2.19. The number of ether oxygens (including phenoxy) is 6. The van der Waals surface area contributed by atoms with Crippen LogP contribution in [0.4, 0.5) is 0 Å². The Kier molecular flexibility index (Phi) is 4.65. The van der Waals surface area contributed by atoms with Crippen molar-refractivity contribution in [3.05, 3.63) is 23.0 Å². The Bertz CT molecular complexity index is 761. The summed E-state index contributed by atoms with van der Waals surface area (Å²) in [5, 5.41) is 0. The van der Waals surface area contributed by atoms with Gasteiger partial charge in [-0.3, -0.25) is 4.79 Å². The molecule has 0 radical (unpaired) electrons. The summed E-state index contributed by atoms with van der Waals surface area (Å²) in [6, 6.07) is 0. The van der Waals surface area contributed by atoms with Crippen molar-refractivity contribution < 1.29 is 42.8 Å². The molecule has 0 spiro atoms. The van der Waals surface area contributed by atoms with Gasteiger partial charge in [0, 0.05) is 26.9 Å². The van der Waals surface area contributed by atoms with E-state index in [2.05, 4.69) is 0 Å². The summed E-state index contributed by atoms with van der Waals surface area (Å²) in [7, 11) is 6.37. The topological polar surface area (TPSA) is 107 Å². The number of carbonyl (C=O) groups is 3. The predicted molar refractivity (Wildman–Crippen MR) is 88.2 cm³/mol. The molecular weight excluding hydrogens is 360 g/mol. The Hall–Kier alpha value is -2.23. The van der Waals surface area contributed by atoms with Crippen molar-refractivity contribution in [3.63, 3.8) is 0 Å². The van der Waals surface area contributed by atoms with Crippen LogP contribution in [0.3, 0.4) is 0 Å². The van der Waals surface area contributed by atoms with E-state index < -0.39 is 47.0 Å². The third-order valence-corrected chi connectivity index (χ3v) is 5.68. The maximum Gasteiger partial charge on any atom is 0.337 e. The number of hydrogen-bond donors (Lipinski definition) is 0. The van der Waals surface area contributed by atoms with Gasteiger partial charge in [-0.25, -0.2) is 9.59 Å². The van der Waals surface area contributed by atoms with Crippen LogP contribution in [0.1, 0.15) is 6.92 Å². The van der Waals surface area contributed by atoms with Crippen molar-refractivity contribution >= 4 is 17.7 Å².